The predicted octanol–water partition coefficient (Wildman–Crippen LogP) is 3.44. The van der Waals surface area contributed by atoms with Crippen molar-refractivity contribution in [2.24, 2.45) is 11.3 Å². The van der Waals surface area contributed by atoms with Crippen LogP contribution in [-0.2, 0) is 4.79 Å². The molecule has 1 unspecified atom stereocenters. The Labute approximate surface area is 94.2 Å². The van der Waals surface area contributed by atoms with Gasteiger partial charge < -0.3 is 5.11 Å². The normalized spacial score (nSPS) is 23.0. The number of hydrogen-bond donors (Lipinski definition) is 1. The zero-order valence-electron chi connectivity index (χ0n) is 8.76. The molecule has 0 aliphatic heterocycles. The monoisotopic (exact) mass is 262 g/mol. The minimum atomic E-state index is -0.632. The number of halogens is 1. The highest BCUT2D eigenvalue weighted by Gasteiger charge is 2.40. The Balaban J connectivity index is 2.73. The van der Waals surface area contributed by atoms with Crippen LogP contribution in [0.25, 0.3) is 0 Å². The van der Waals surface area contributed by atoms with E-state index in [0.29, 0.717) is 0 Å². The summed E-state index contributed by atoms with van der Waals surface area (Å²) in [5.41, 5.74) is 0.0631. The number of carbonyl (C=O) groups is 1. The first-order chi connectivity index (χ1) is 6.62. The molecule has 0 radical (unpaired) electrons. The topological polar surface area (TPSA) is 37.3 Å². The van der Waals surface area contributed by atoms with Crippen molar-refractivity contribution in [2.45, 2.75) is 45.4 Å². The second-order valence-corrected chi connectivity index (χ2v) is 5.21. The molecule has 0 heterocycles. The van der Waals surface area contributed by atoms with Crippen molar-refractivity contribution >= 4 is 21.9 Å². The number of aliphatic carboxylic acids is 1. The SMILES string of the molecule is CC(C(=O)O)C1(CCBr)CCCCC1. The van der Waals surface area contributed by atoms with Gasteiger partial charge in [0.2, 0.25) is 0 Å². The number of carboxylic acids is 1. The standard InChI is InChI=1S/C11H19BrO2/c1-9(10(13)14)11(7-8-12)5-3-2-4-6-11/h9H,2-8H2,1H3,(H,13,14). The van der Waals surface area contributed by atoms with Crippen LogP contribution >= 0.6 is 15.9 Å². The Morgan fingerprint density at radius 1 is 1.43 bits per heavy atom. The molecule has 1 fully saturated rings. The molecule has 0 amide bonds. The molecule has 14 heavy (non-hydrogen) atoms. The smallest absolute Gasteiger partial charge is 0.306 e. The maximum atomic E-state index is 11.1. The number of carboxylic acid groups (broad SMARTS) is 1. The van der Waals surface area contributed by atoms with Crippen molar-refractivity contribution in [1.82, 2.24) is 0 Å². The van der Waals surface area contributed by atoms with E-state index in [0.717, 1.165) is 24.6 Å². The Bertz CT molecular complexity index is 192. The van der Waals surface area contributed by atoms with Crippen LogP contribution in [0.1, 0.15) is 45.4 Å². The zero-order valence-corrected chi connectivity index (χ0v) is 10.3. The van der Waals surface area contributed by atoms with Crippen LogP contribution in [0.2, 0.25) is 0 Å². The first-order valence-corrected chi connectivity index (χ1v) is 6.53. The van der Waals surface area contributed by atoms with Crippen LogP contribution in [0.5, 0.6) is 0 Å². The fourth-order valence-electron chi connectivity index (χ4n) is 2.61. The van der Waals surface area contributed by atoms with Gasteiger partial charge in [0, 0.05) is 5.33 Å². The van der Waals surface area contributed by atoms with Gasteiger partial charge in [0.25, 0.3) is 0 Å². The lowest BCUT2D eigenvalue weighted by Gasteiger charge is -2.40. The van der Waals surface area contributed by atoms with E-state index in [2.05, 4.69) is 15.9 Å². The fraction of sp³-hybridized carbons (Fsp3) is 0.909. The lowest BCUT2D eigenvalue weighted by molar-refractivity contribution is -0.147. The van der Waals surface area contributed by atoms with Crippen LogP contribution in [0.3, 0.4) is 0 Å². The van der Waals surface area contributed by atoms with E-state index in [4.69, 9.17) is 5.11 Å². The maximum absolute atomic E-state index is 11.1. The highest BCUT2D eigenvalue weighted by molar-refractivity contribution is 9.09. The molecular formula is C11H19BrO2. The van der Waals surface area contributed by atoms with Gasteiger partial charge in [-0.15, -0.1) is 0 Å². The lowest BCUT2D eigenvalue weighted by Crippen LogP contribution is -2.36. The minimum Gasteiger partial charge on any atom is -0.481 e. The number of rotatable bonds is 4. The summed E-state index contributed by atoms with van der Waals surface area (Å²) in [4.78, 5) is 11.1. The molecule has 1 rings (SSSR count). The van der Waals surface area contributed by atoms with Gasteiger partial charge in [-0.05, 0) is 24.7 Å². The Hall–Kier alpha value is -0.0500. The average molecular weight is 263 g/mol. The molecule has 1 N–H and O–H groups in total. The van der Waals surface area contributed by atoms with Gasteiger partial charge in [0.1, 0.15) is 0 Å². The third-order valence-electron chi connectivity index (χ3n) is 3.73. The van der Waals surface area contributed by atoms with Gasteiger partial charge in [-0.25, -0.2) is 0 Å². The average Bonchev–Trinajstić information content (AvgIpc) is 2.18. The summed E-state index contributed by atoms with van der Waals surface area (Å²) >= 11 is 3.44. The Morgan fingerprint density at radius 3 is 2.43 bits per heavy atom. The molecule has 3 heteroatoms. The molecule has 2 nitrogen and oxygen atoms in total. The summed E-state index contributed by atoms with van der Waals surface area (Å²) in [7, 11) is 0. The van der Waals surface area contributed by atoms with Crippen molar-refractivity contribution in [3.63, 3.8) is 0 Å². The molecule has 0 aromatic heterocycles. The second kappa shape index (κ2) is 5.15. The quantitative estimate of drug-likeness (QED) is 0.789. The fourth-order valence-corrected chi connectivity index (χ4v) is 3.40. The minimum absolute atomic E-state index is 0.0631. The molecule has 1 aliphatic carbocycles. The van der Waals surface area contributed by atoms with Crippen LogP contribution < -0.4 is 0 Å². The number of alkyl halides is 1. The molecular weight excluding hydrogens is 244 g/mol. The van der Waals surface area contributed by atoms with Crippen molar-refractivity contribution in [3.05, 3.63) is 0 Å². The zero-order chi connectivity index (χ0) is 10.6. The van der Waals surface area contributed by atoms with Crippen molar-refractivity contribution in [1.29, 1.82) is 0 Å². The predicted molar refractivity (Wildman–Crippen MR) is 60.7 cm³/mol. The van der Waals surface area contributed by atoms with Crippen molar-refractivity contribution < 1.29 is 9.90 Å². The van der Waals surface area contributed by atoms with E-state index in [-0.39, 0.29) is 11.3 Å². The van der Waals surface area contributed by atoms with Crippen LogP contribution in [0.4, 0.5) is 0 Å². The van der Waals surface area contributed by atoms with Crippen molar-refractivity contribution in [3.8, 4) is 0 Å². The van der Waals surface area contributed by atoms with Crippen molar-refractivity contribution in [2.75, 3.05) is 5.33 Å². The molecule has 0 aromatic carbocycles. The third kappa shape index (κ3) is 2.50. The lowest BCUT2D eigenvalue weighted by atomic mass is 9.65. The summed E-state index contributed by atoms with van der Waals surface area (Å²) in [6.45, 7) is 1.87. The van der Waals surface area contributed by atoms with Gasteiger partial charge in [-0.2, -0.15) is 0 Å². The molecule has 1 aliphatic rings. The molecule has 0 bridgehead atoms. The Morgan fingerprint density at radius 2 is 2.00 bits per heavy atom. The molecule has 0 aromatic rings. The van der Waals surface area contributed by atoms with E-state index in [1.165, 1.54) is 19.3 Å². The highest BCUT2D eigenvalue weighted by Crippen LogP contribution is 2.45. The Kier molecular flexibility index (Phi) is 4.42. The molecule has 82 valence electrons. The summed E-state index contributed by atoms with van der Waals surface area (Å²) in [5, 5.41) is 10.0. The summed E-state index contributed by atoms with van der Waals surface area (Å²) in [6, 6.07) is 0. The van der Waals surface area contributed by atoms with Crippen LogP contribution in [0.15, 0.2) is 0 Å². The second-order valence-electron chi connectivity index (χ2n) is 4.42. The van der Waals surface area contributed by atoms with E-state index in [1.54, 1.807) is 0 Å². The summed E-state index contributed by atoms with van der Waals surface area (Å²) in [6.07, 6.45) is 6.85. The molecule has 1 atom stereocenters. The summed E-state index contributed by atoms with van der Waals surface area (Å²) in [5.74, 6) is -0.826. The van der Waals surface area contributed by atoms with Gasteiger partial charge in [0.15, 0.2) is 0 Å². The van der Waals surface area contributed by atoms with Crippen LogP contribution in [-0.4, -0.2) is 16.4 Å². The van der Waals surface area contributed by atoms with E-state index < -0.39 is 5.97 Å². The van der Waals surface area contributed by atoms with Gasteiger partial charge in [-0.1, -0.05) is 42.1 Å². The molecule has 0 spiro atoms. The van der Waals surface area contributed by atoms with Gasteiger partial charge >= 0.3 is 5.97 Å². The first kappa shape index (κ1) is 12.0. The third-order valence-corrected chi connectivity index (χ3v) is 4.13. The number of hydrogen-bond acceptors (Lipinski definition) is 1. The van der Waals surface area contributed by atoms with Crippen LogP contribution in [0, 0.1) is 11.3 Å². The van der Waals surface area contributed by atoms with E-state index in [9.17, 15) is 4.79 Å². The van der Waals surface area contributed by atoms with E-state index >= 15 is 0 Å². The van der Waals surface area contributed by atoms with Gasteiger partial charge in [0.05, 0.1) is 5.92 Å². The summed E-state index contributed by atoms with van der Waals surface area (Å²) < 4.78 is 0. The van der Waals surface area contributed by atoms with E-state index in [1.807, 2.05) is 6.92 Å². The largest absolute Gasteiger partial charge is 0.481 e. The van der Waals surface area contributed by atoms with Gasteiger partial charge in [-0.3, -0.25) is 4.79 Å². The molecule has 0 saturated heterocycles. The maximum Gasteiger partial charge on any atom is 0.306 e. The molecule has 1 saturated carbocycles. The first-order valence-electron chi connectivity index (χ1n) is 5.41. The highest BCUT2D eigenvalue weighted by atomic mass is 79.9.